The van der Waals surface area contributed by atoms with E-state index in [0.717, 1.165) is 61.2 Å². The molecule has 214 valence electrons. The van der Waals surface area contributed by atoms with Crippen LogP contribution in [0.25, 0.3) is 12.8 Å². The molecule has 2 aliphatic heterocycles. The smallest absolute Gasteiger partial charge is 0.190 e. The summed E-state index contributed by atoms with van der Waals surface area (Å²) < 4.78 is 10.3. The number of likely N-dealkylation sites (tertiary alicyclic amines) is 1. The summed E-state index contributed by atoms with van der Waals surface area (Å²) >= 11 is 0. The van der Waals surface area contributed by atoms with Crippen molar-refractivity contribution in [1.29, 1.82) is 0 Å². The highest BCUT2D eigenvalue weighted by Gasteiger charge is 2.28. The summed E-state index contributed by atoms with van der Waals surface area (Å²) in [4.78, 5) is 15.5. The predicted molar refractivity (Wildman–Crippen MR) is 166 cm³/mol. The van der Waals surface area contributed by atoms with Crippen molar-refractivity contribution >= 4 is 20.9 Å². The number of hydrogen-bond acceptors (Lipinski definition) is 5. The lowest BCUT2D eigenvalue weighted by molar-refractivity contribution is 0.0857. The minimum absolute atomic E-state index is 0.0712. The molecule has 1 aromatic carbocycles. The normalized spacial score (nSPS) is 23.0. The maximum atomic E-state index is 13.0. The van der Waals surface area contributed by atoms with E-state index in [2.05, 4.69) is 72.2 Å². The third-order valence-electron chi connectivity index (χ3n) is 8.42. The zero-order valence-electron chi connectivity index (χ0n) is 24.5. The highest BCUT2D eigenvalue weighted by molar-refractivity contribution is 6.76. The summed E-state index contributed by atoms with van der Waals surface area (Å²) in [5.74, 6) is 0.449. The molecule has 0 spiro atoms. The van der Waals surface area contributed by atoms with Crippen LogP contribution in [0.3, 0.4) is 0 Å². The van der Waals surface area contributed by atoms with Gasteiger partial charge in [0, 0.05) is 81.6 Å². The summed E-state index contributed by atoms with van der Waals surface area (Å²) in [6, 6.07) is 14.5. The molecule has 0 unspecified atom stereocenters. The van der Waals surface area contributed by atoms with Gasteiger partial charge in [-0.25, -0.2) is 0 Å². The van der Waals surface area contributed by atoms with E-state index >= 15 is 0 Å². The van der Waals surface area contributed by atoms with Crippen LogP contribution < -0.4 is 27.0 Å². The second kappa shape index (κ2) is 11.9. The van der Waals surface area contributed by atoms with E-state index in [4.69, 9.17) is 10.5 Å². The van der Waals surface area contributed by atoms with Crippen molar-refractivity contribution in [3.8, 4) is 0 Å². The molecule has 4 heterocycles. The highest BCUT2D eigenvalue weighted by atomic mass is 28.3. The van der Waals surface area contributed by atoms with E-state index < -0.39 is 8.07 Å². The first kappa shape index (κ1) is 28.6. The van der Waals surface area contributed by atoms with Crippen LogP contribution in [0.4, 0.5) is 0 Å². The topological polar surface area (TPSA) is 87.4 Å². The Hall–Kier alpha value is -2.91. The first-order chi connectivity index (χ1) is 19.1. The molecule has 0 bridgehead atoms. The van der Waals surface area contributed by atoms with Crippen LogP contribution in [0.1, 0.15) is 36.6 Å². The largest absolute Gasteiger partial charge is 0.404 e. The number of benzene rings is 1. The summed E-state index contributed by atoms with van der Waals surface area (Å²) in [6.07, 6.45) is 6.51. The Kier molecular flexibility index (Phi) is 8.52. The molecule has 3 N–H and O–H groups in total. The maximum absolute atomic E-state index is 13.0. The van der Waals surface area contributed by atoms with Gasteiger partial charge in [0.1, 0.15) is 6.73 Å². The molecular weight excluding hydrogens is 514 g/mol. The molecule has 8 heteroatoms. The first-order valence-electron chi connectivity index (χ1n) is 14.6. The number of nitrogens with zero attached hydrogens (tertiary/aromatic N) is 3. The lowest BCUT2D eigenvalue weighted by Gasteiger charge is -2.38. The van der Waals surface area contributed by atoms with Gasteiger partial charge in [0.2, 0.25) is 0 Å². The summed E-state index contributed by atoms with van der Waals surface area (Å²) in [7, 11) is -1.16. The quantitative estimate of drug-likeness (QED) is 0.239. The molecule has 2 aromatic heterocycles. The van der Waals surface area contributed by atoms with Gasteiger partial charge in [-0.15, -0.1) is 0 Å². The average molecular weight is 560 g/mol. The summed E-state index contributed by atoms with van der Waals surface area (Å²) in [5, 5.41) is 6.55. The Morgan fingerprint density at radius 3 is 2.73 bits per heavy atom. The maximum Gasteiger partial charge on any atom is 0.190 e. The van der Waals surface area contributed by atoms with E-state index in [-0.39, 0.29) is 11.5 Å². The average Bonchev–Trinajstić information content (AvgIpc) is 3.71. The van der Waals surface area contributed by atoms with Crippen LogP contribution in [-0.2, 0) is 18.0 Å². The Bertz CT molecular complexity index is 1600. The number of hydrogen-bond donors (Lipinski definition) is 2. The lowest BCUT2D eigenvalue weighted by Crippen LogP contribution is -2.42. The zero-order valence-corrected chi connectivity index (χ0v) is 25.5. The molecule has 5 rings (SSSR count). The molecule has 0 aliphatic carbocycles. The van der Waals surface area contributed by atoms with Crippen molar-refractivity contribution in [3.63, 3.8) is 0 Å². The van der Waals surface area contributed by atoms with E-state index in [1.807, 2.05) is 23.0 Å². The van der Waals surface area contributed by atoms with E-state index in [9.17, 15) is 4.79 Å². The third-order valence-corrected chi connectivity index (χ3v) is 10.1. The number of piperidine rings is 1. The number of nitrogens with one attached hydrogen (secondary N) is 1. The molecular formula is C32H45N5O2Si. The van der Waals surface area contributed by atoms with Gasteiger partial charge in [-0.1, -0.05) is 57.4 Å². The van der Waals surface area contributed by atoms with Gasteiger partial charge in [-0.3, -0.25) is 9.69 Å². The lowest BCUT2D eigenvalue weighted by atomic mass is 9.92. The van der Waals surface area contributed by atoms with Crippen LogP contribution in [-0.4, -0.2) is 48.3 Å². The third kappa shape index (κ3) is 6.52. The van der Waals surface area contributed by atoms with Crippen LogP contribution >= 0.6 is 0 Å². The molecule has 2 saturated heterocycles. The van der Waals surface area contributed by atoms with Crippen LogP contribution in [0.2, 0.25) is 25.7 Å². The van der Waals surface area contributed by atoms with Crippen LogP contribution in [0, 0.1) is 16.5 Å². The number of ether oxygens (including phenoxy) is 1. The summed E-state index contributed by atoms with van der Waals surface area (Å²) in [5.41, 5.74) is 8.74. The Labute approximate surface area is 238 Å². The van der Waals surface area contributed by atoms with E-state index in [1.54, 1.807) is 6.07 Å². The van der Waals surface area contributed by atoms with E-state index in [0.29, 0.717) is 23.9 Å². The van der Waals surface area contributed by atoms with E-state index in [1.165, 1.54) is 17.3 Å². The Balaban J connectivity index is 1.48. The molecule has 3 atom stereocenters. The molecule has 2 fully saturated rings. The fraction of sp³-hybridized carbons (Fsp3) is 0.469. The minimum Gasteiger partial charge on any atom is -0.404 e. The number of pyridine rings is 1. The van der Waals surface area contributed by atoms with Crippen molar-refractivity contribution < 1.29 is 4.74 Å². The molecule has 0 radical (unpaired) electrons. The number of rotatable bonds is 9. The fourth-order valence-electron chi connectivity index (χ4n) is 5.75. The first-order valence-corrected chi connectivity index (χ1v) is 18.3. The SMILES string of the molecule is C=c1/c(=c2\c(=C/N)c(=O)ccn2[C@H]2CN(Cc3cccc([C@@H]4CN4)c3)CC[C@H]2C)ccn1COCC[Si](C)(C)C. The van der Waals surface area contributed by atoms with Crippen molar-refractivity contribution in [2.45, 2.75) is 64.4 Å². The zero-order chi connectivity index (χ0) is 28.4. The van der Waals surface area contributed by atoms with Crippen LogP contribution in [0.5, 0.6) is 0 Å². The number of aromatic nitrogens is 2. The van der Waals surface area contributed by atoms with Gasteiger partial charge in [0.15, 0.2) is 5.43 Å². The Morgan fingerprint density at radius 2 is 2.00 bits per heavy atom. The van der Waals surface area contributed by atoms with Crippen molar-refractivity contribution in [2.24, 2.45) is 11.7 Å². The van der Waals surface area contributed by atoms with Crippen molar-refractivity contribution in [1.82, 2.24) is 19.4 Å². The fourth-order valence-corrected chi connectivity index (χ4v) is 6.51. The number of nitrogens with two attached hydrogens (primary N) is 1. The van der Waals surface area contributed by atoms with Gasteiger partial charge in [-0.2, -0.15) is 0 Å². The summed E-state index contributed by atoms with van der Waals surface area (Å²) in [6.45, 7) is 18.9. The minimum atomic E-state index is -1.16. The molecule has 2 aliphatic rings. The molecule has 3 aromatic rings. The predicted octanol–water partition coefficient (Wildman–Crippen LogP) is 3.08. The molecule has 0 amide bonds. The van der Waals surface area contributed by atoms with Gasteiger partial charge < -0.3 is 24.9 Å². The Morgan fingerprint density at radius 1 is 1.20 bits per heavy atom. The molecule has 7 nitrogen and oxygen atoms in total. The molecule has 40 heavy (non-hydrogen) atoms. The van der Waals surface area contributed by atoms with Gasteiger partial charge in [-0.05, 0) is 42.1 Å². The van der Waals surface area contributed by atoms with Crippen molar-refractivity contribution in [2.75, 3.05) is 26.2 Å². The second-order valence-electron chi connectivity index (χ2n) is 12.8. The van der Waals surface area contributed by atoms with Crippen molar-refractivity contribution in [3.05, 3.63) is 91.3 Å². The molecule has 0 saturated carbocycles. The van der Waals surface area contributed by atoms with Crippen LogP contribution in [0.15, 0.2) is 53.6 Å². The van der Waals surface area contributed by atoms with Gasteiger partial charge in [0.25, 0.3) is 0 Å². The van der Waals surface area contributed by atoms with Gasteiger partial charge >= 0.3 is 0 Å². The second-order valence-corrected chi connectivity index (χ2v) is 18.4. The highest BCUT2D eigenvalue weighted by Crippen LogP contribution is 2.29. The van der Waals surface area contributed by atoms with Gasteiger partial charge in [0.05, 0.1) is 10.6 Å². The standard InChI is InChI=1S/C32H45N5O2Si/c1-23-9-12-35(20-25-7-6-8-26(17-25)29-19-34-29)21-30(23)37-14-11-31(38)28(18-33)32(37)27-10-13-36(24(27)2)22-39-15-16-40(3,4)5/h6-8,10-11,13-14,17-18,23,29-30,34H,2,9,12,15-16,19-22,33H2,1,3-5H3/b28-18-,32-27+/t23-,29+,30+/m1/s1. The monoisotopic (exact) mass is 559 g/mol.